The number of nitrogens with one attached hydrogen (secondary N) is 4. The molecular formula is C19H21N5O3. The van der Waals surface area contributed by atoms with Crippen molar-refractivity contribution in [1.82, 2.24) is 16.1 Å². The molecule has 0 fully saturated rings. The van der Waals surface area contributed by atoms with Crippen molar-refractivity contribution in [2.24, 2.45) is 5.10 Å². The fraction of sp³-hybridized carbons (Fsp3) is 0.158. The van der Waals surface area contributed by atoms with Crippen molar-refractivity contribution >= 4 is 29.7 Å². The van der Waals surface area contributed by atoms with Crippen LogP contribution in [-0.4, -0.2) is 30.6 Å². The van der Waals surface area contributed by atoms with Gasteiger partial charge in [0.1, 0.15) is 6.54 Å². The smallest absolute Gasteiger partial charge is 0.315 e. The van der Waals surface area contributed by atoms with Gasteiger partial charge in [-0.05, 0) is 23.3 Å². The monoisotopic (exact) mass is 367 g/mol. The fourth-order valence-corrected chi connectivity index (χ4v) is 2.08. The molecule has 8 heteroatoms. The molecule has 0 bridgehead atoms. The predicted molar refractivity (Wildman–Crippen MR) is 103 cm³/mol. The molecule has 0 aliphatic carbocycles. The Morgan fingerprint density at radius 1 is 0.963 bits per heavy atom. The van der Waals surface area contributed by atoms with Crippen molar-refractivity contribution in [3.05, 3.63) is 65.7 Å². The van der Waals surface area contributed by atoms with Gasteiger partial charge in [0.05, 0.1) is 6.21 Å². The zero-order chi connectivity index (χ0) is 19.5. The van der Waals surface area contributed by atoms with Crippen molar-refractivity contribution in [3.8, 4) is 0 Å². The molecule has 2 aromatic rings. The van der Waals surface area contributed by atoms with Crippen LogP contribution in [0.25, 0.3) is 0 Å². The number of nitrogens with zero attached hydrogens (tertiary/aromatic N) is 1. The highest BCUT2D eigenvalue weighted by atomic mass is 16.2. The molecule has 0 heterocycles. The van der Waals surface area contributed by atoms with E-state index in [1.54, 1.807) is 24.3 Å². The van der Waals surface area contributed by atoms with Gasteiger partial charge in [-0.15, -0.1) is 0 Å². The maximum Gasteiger partial charge on any atom is 0.315 e. The second-order valence-electron chi connectivity index (χ2n) is 5.62. The van der Waals surface area contributed by atoms with Gasteiger partial charge in [0.25, 0.3) is 5.91 Å². The highest BCUT2D eigenvalue weighted by molar-refractivity contribution is 5.89. The Kier molecular flexibility index (Phi) is 7.52. The van der Waals surface area contributed by atoms with Gasteiger partial charge in [-0.2, -0.15) is 5.10 Å². The molecule has 2 aromatic carbocycles. The molecule has 0 radical (unpaired) electrons. The first-order valence-electron chi connectivity index (χ1n) is 8.28. The highest BCUT2D eigenvalue weighted by Crippen LogP contribution is 2.07. The van der Waals surface area contributed by atoms with E-state index in [1.165, 1.54) is 13.1 Å². The topological polar surface area (TPSA) is 112 Å². The Bertz CT molecular complexity index is 804. The molecule has 140 valence electrons. The number of hydrazone groups is 1. The molecule has 0 aliphatic heterocycles. The van der Waals surface area contributed by atoms with Crippen LogP contribution in [0.4, 0.5) is 10.5 Å². The average molecular weight is 367 g/mol. The molecule has 4 N–H and O–H groups in total. The Morgan fingerprint density at radius 3 is 2.33 bits per heavy atom. The quantitative estimate of drug-likeness (QED) is 0.440. The zero-order valence-corrected chi connectivity index (χ0v) is 14.9. The first-order valence-corrected chi connectivity index (χ1v) is 8.28. The van der Waals surface area contributed by atoms with Crippen LogP contribution >= 0.6 is 0 Å². The van der Waals surface area contributed by atoms with E-state index in [1.807, 2.05) is 30.3 Å². The van der Waals surface area contributed by atoms with Gasteiger partial charge < -0.3 is 16.0 Å². The normalized spacial score (nSPS) is 10.3. The predicted octanol–water partition coefficient (Wildman–Crippen LogP) is 1.59. The maximum atomic E-state index is 11.7. The van der Waals surface area contributed by atoms with Gasteiger partial charge in [0.15, 0.2) is 0 Å². The van der Waals surface area contributed by atoms with Crippen LogP contribution in [-0.2, 0) is 16.1 Å². The molecule has 0 aromatic heterocycles. The van der Waals surface area contributed by atoms with Crippen LogP contribution in [0.2, 0.25) is 0 Å². The zero-order valence-electron chi connectivity index (χ0n) is 14.9. The van der Waals surface area contributed by atoms with E-state index in [9.17, 15) is 14.4 Å². The van der Waals surface area contributed by atoms with Gasteiger partial charge in [0.2, 0.25) is 5.91 Å². The van der Waals surface area contributed by atoms with Crippen LogP contribution in [0.1, 0.15) is 18.1 Å². The number of hydrogen-bond donors (Lipinski definition) is 4. The van der Waals surface area contributed by atoms with Crippen molar-refractivity contribution in [2.45, 2.75) is 13.5 Å². The molecule has 0 spiro atoms. The van der Waals surface area contributed by atoms with Crippen LogP contribution in [0, 0.1) is 0 Å². The highest BCUT2D eigenvalue weighted by Gasteiger charge is 2.04. The largest absolute Gasteiger partial charge is 0.334 e. The Balaban J connectivity index is 1.67. The summed E-state index contributed by atoms with van der Waals surface area (Å²) in [6, 6.07) is 16.0. The number of amides is 4. The summed E-state index contributed by atoms with van der Waals surface area (Å²) < 4.78 is 0. The second-order valence-corrected chi connectivity index (χ2v) is 5.62. The third-order valence-corrected chi connectivity index (χ3v) is 3.34. The number of anilines is 1. The van der Waals surface area contributed by atoms with E-state index in [4.69, 9.17) is 0 Å². The van der Waals surface area contributed by atoms with Crippen LogP contribution in [0.15, 0.2) is 59.7 Å². The first-order chi connectivity index (χ1) is 13.0. The minimum atomic E-state index is -0.448. The Labute approximate surface area is 157 Å². The SMILES string of the molecule is CC(=O)Nc1ccc(C=NNC(=O)CNC(=O)NCc2ccccc2)cc1. The summed E-state index contributed by atoms with van der Waals surface area (Å²) in [6.07, 6.45) is 1.46. The van der Waals surface area contributed by atoms with Gasteiger partial charge in [-0.25, -0.2) is 10.2 Å². The third-order valence-electron chi connectivity index (χ3n) is 3.34. The number of benzene rings is 2. The summed E-state index contributed by atoms with van der Waals surface area (Å²) in [5.41, 5.74) is 4.71. The average Bonchev–Trinajstić information content (AvgIpc) is 2.66. The van der Waals surface area contributed by atoms with Gasteiger partial charge in [0, 0.05) is 19.2 Å². The summed E-state index contributed by atoms with van der Waals surface area (Å²) in [4.78, 5) is 34.3. The molecule has 4 amide bonds. The summed E-state index contributed by atoms with van der Waals surface area (Å²) >= 11 is 0. The lowest BCUT2D eigenvalue weighted by molar-refractivity contribution is -0.120. The molecule has 8 nitrogen and oxygen atoms in total. The standard InChI is InChI=1S/C19H21N5O3/c1-14(25)23-17-9-7-16(8-10-17)12-22-24-18(26)13-21-19(27)20-11-15-5-3-2-4-6-15/h2-10,12H,11,13H2,1H3,(H,23,25)(H,24,26)(H2,20,21,27). The van der Waals surface area contributed by atoms with Crippen LogP contribution < -0.4 is 21.4 Å². The maximum absolute atomic E-state index is 11.7. The van der Waals surface area contributed by atoms with Crippen LogP contribution in [0.5, 0.6) is 0 Å². The lowest BCUT2D eigenvalue weighted by Crippen LogP contribution is -2.40. The number of carbonyl (C=O) groups is 3. The molecule has 27 heavy (non-hydrogen) atoms. The molecule has 0 atom stereocenters. The van der Waals surface area contributed by atoms with E-state index in [0.717, 1.165) is 11.1 Å². The van der Waals surface area contributed by atoms with E-state index < -0.39 is 11.9 Å². The van der Waals surface area contributed by atoms with E-state index in [2.05, 4.69) is 26.5 Å². The van der Waals surface area contributed by atoms with Gasteiger partial charge >= 0.3 is 6.03 Å². The lowest BCUT2D eigenvalue weighted by Gasteiger charge is -2.07. The minimum absolute atomic E-state index is 0.149. The second kappa shape index (κ2) is 10.3. The summed E-state index contributed by atoms with van der Waals surface area (Å²) in [5.74, 6) is -0.597. The van der Waals surface area contributed by atoms with Crippen LogP contribution in [0.3, 0.4) is 0 Å². The number of urea groups is 1. The molecule has 0 saturated heterocycles. The molecule has 0 saturated carbocycles. The fourth-order valence-electron chi connectivity index (χ4n) is 2.08. The van der Waals surface area contributed by atoms with E-state index >= 15 is 0 Å². The summed E-state index contributed by atoms with van der Waals surface area (Å²) in [5, 5.41) is 11.6. The number of rotatable bonds is 7. The van der Waals surface area contributed by atoms with Gasteiger partial charge in [-0.3, -0.25) is 9.59 Å². The van der Waals surface area contributed by atoms with Crippen molar-refractivity contribution in [3.63, 3.8) is 0 Å². The number of hydrogen-bond acceptors (Lipinski definition) is 4. The van der Waals surface area contributed by atoms with Crippen molar-refractivity contribution in [2.75, 3.05) is 11.9 Å². The van der Waals surface area contributed by atoms with E-state index in [-0.39, 0.29) is 12.5 Å². The number of carbonyl (C=O) groups excluding carboxylic acids is 3. The lowest BCUT2D eigenvalue weighted by atomic mass is 10.2. The third kappa shape index (κ3) is 7.82. The van der Waals surface area contributed by atoms with Crippen molar-refractivity contribution < 1.29 is 14.4 Å². The summed E-state index contributed by atoms with van der Waals surface area (Å²) in [7, 11) is 0. The molecule has 0 aliphatic rings. The molecular weight excluding hydrogens is 346 g/mol. The van der Waals surface area contributed by atoms with Gasteiger partial charge in [-0.1, -0.05) is 42.5 Å². The Hall–Kier alpha value is -3.68. The Morgan fingerprint density at radius 2 is 1.67 bits per heavy atom. The minimum Gasteiger partial charge on any atom is -0.334 e. The van der Waals surface area contributed by atoms with E-state index in [0.29, 0.717) is 12.2 Å². The molecule has 0 unspecified atom stereocenters. The summed E-state index contributed by atoms with van der Waals surface area (Å²) in [6.45, 7) is 1.61. The first kappa shape index (κ1) is 19.6. The van der Waals surface area contributed by atoms with Crippen molar-refractivity contribution in [1.29, 1.82) is 0 Å². The molecule has 2 rings (SSSR count).